The summed E-state index contributed by atoms with van der Waals surface area (Å²) < 4.78 is 20.7. The molecule has 24 heavy (non-hydrogen) atoms. The fourth-order valence-corrected chi connectivity index (χ4v) is 2.01. The maximum absolute atomic E-state index is 12.0. The molecule has 1 rings (SSSR count). The summed E-state index contributed by atoms with van der Waals surface area (Å²) in [5.74, 6) is 0.892. The molecule has 0 fully saturated rings. The van der Waals surface area contributed by atoms with Crippen LogP contribution in [0.4, 0.5) is 0 Å². The first kappa shape index (κ1) is 19.3. The highest BCUT2D eigenvalue weighted by molar-refractivity contribution is 6.01. The van der Waals surface area contributed by atoms with E-state index in [-0.39, 0.29) is 5.57 Å². The van der Waals surface area contributed by atoms with Gasteiger partial charge in [-0.25, -0.2) is 0 Å². The third kappa shape index (κ3) is 5.18. The monoisotopic (exact) mass is 334 g/mol. The number of nitrogens with zero attached hydrogens (tertiary/aromatic N) is 1. The van der Waals surface area contributed by atoms with Gasteiger partial charge in [-0.05, 0) is 30.2 Å². The van der Waals surface area contributed by atoms with Crippen molar-refractivity contribution in [3.05, 3.63) is 23.3 Å². The van der Waals surface area contributed by atoms with E-state index in [9.17, 15) is 10.1 Å². The Morgan fingerprint density at radius 3 is 2.25 bits per heavy atom. The van der Waals surface area contributed by atoms with E-state index < -0.39 is 5.91 Å². The van der Waals surface area contributed by atoms with Crippen molar-refractivity contribution in [1.82, 2.24) is 5.32 Å². The highest BCUT2D eigenvalue weighted by Gasteiger charge is 2.14. The topological polar surface area (TPSA) is 89.8 Å². The van der Waals surface area contributed by atoms with E-state index in [2.05, 4.69) is 5.32 Å². The predicted molar refractivity (Wildman–Crippen MR) is 89.2 cm³/mol. The summed E-state index contributed by atoms with van der Waals surface area (Å²) >= 11 is 0. The number of hydrogen-bond donors (Lipinski definition) is 1. The number of nitrogens with one attached hydrogen (secondary N) is 1. The smallest absolute Gasteiger partial charge is 0.261 e. The third-order valence-electron chi connectivity index (χ3n) is 3.17. The Bertz CT molecular complexity index is 609. The summed E-state index contributed by atoms with van der Waals surface area (Å²) in [5.41, 5.74) is 0.579. The molecule has 0 bridgehead atoms. The van der Waals surface area contributed by atoms with E-state index in [1.807, 2.05) is 6.07 Å². The molecule has 1 amide bonds. The molecule has 0 heterocycles. The first-order valence-electron chi connectivity index (χ1n) is 7.30. The van der Waals surface area contributed by atoms with Gasteiger partial charge in [0.05, 0.1) is 21.3 Å². The second kappa shape index (κ2) is 10.1. The zero-order valence-electron chi connectivity index (χ0n) is 14.3. The lowest BCUT2D eigenvalue weighted by Crippen LogP contribution is -2.26. The quantitative estimate of drug-likeness (QED) is 0.420. The average Bonchev–Trinajstić information content (AvgIpc) is 2.61. The van der Waals surface area contributed by atoms with Crippen LogP contribution in [-0.2, 0) is 9.53 Å². The van der Waals surface area contributed by atoms with Crippen molar-refractivity contribution in [3.63, 3.8) is 0 Å². The average molecular weight is 334 g/mol. The molecule has 0 aliphatic rings. The van der Waals surface area contributed by atoms with Gasteiger partial charge in [0.25, 0.3) is 5.91 Å². The van der Waals surface area contributed by atoms with Crippen LogP contribution in [0.1, 0.15) is 12.0 Å². The van der Waals surface area contributed by atoms with Gasteiger partial charge in [0.1, 0.15) is 11.6 Å². The number of carbonyl (C=O) groups is 1. The zero-order chi connectivity index (χ0) is 17.9. The number of carbonyl (C=O) groups excluding carboxylic acids is 1. The number of amides is 1. The molecule has 0 atom stereocenters. The number of nitriles is 1. The SMILES string of the molecule is COCCCNC(=O)/C(C#N)=C/c1cc(OC)c(OC)c(OC)c1. The first-order valence-corrected chi connectivity index (χ1v) is 7.30. The van der Waals surface area contributed by atoms with Crippen LogP contribution in [0.25, 0.3) is 6.08 Å². The van der Waals surface area contributed by atoms with Gasteiger partial charge in [-0.2, -0.15) is 5.26 Å². The number of hydrogen-bond acceptors (Lipinski definition) is 6. The summed E-state index contributed by atoms with van der Waals surface area (Å²) in [6, 6.07) is 5.23. The molecule has 0 unspecified atom stereocenters. The van der Waals surface area contributed by atoms with Gasteiger partial charge in [-0.3, -0.25) is 4.79 Å². The third-order valence-corrected chi connectivity index (χ3v) is 3.17. The van der Waals surface area contributed by atoms with Crippen LogP contribution in [0.2, 0.25) is 0 Å². The summed E-state index contributed by atoms with van der Waals surface area (Å²) in [5, 5.41) is 11.9. The maximum Gasteiger partial charge on any atom is 0.261 e. The van der Waals surface area contributed by atoms with Gasteiger partial charge in [-0.15, -0.1) is 0 Å². The van der Waals surface area contributed by atoms with Crippen LogP contribution >= 0.6 is 0 Å². The zero-order valence-corrected chi connectivity index (χ0v) is 14.3. The van der Waals surface area contributed by atoms with Crippen molar-refractivity contribution < 1.29 is 23.7 Å². The minimum absolute atomic E-state index is 0.0123. The Labute approximate surface area is 141 Å². The number of benzene rings is 1. The Hall–Kier alpha value is -2.72. The van der Waals surface area contributed by atoms with Crippen molar-refractivity contribution in [1.29, 1.82) is 5.26 Å². The molecule has 1 aromatic carbocycles. The Balaban J connectivity index is 3.03. The van der Waals surface area contributed by atoms with Gasteiger partial charge >= 0.3 is 0 Å². The lowest BCUT2D eigenvalue weighted by Gasteiger charge is -2.13. The fourth-order valence-electron chi connectivity index (χ4n) is 2.01. The van der Waals surface area contributed by atoms with Crippen molar-refractivity contribution in [2.24, 2.45) is 0 Å². The molecule has 7 nitrogen and oxygen atoms in total. The molecular weight excluding hydrogens is 312 g/mol. The number of methoxy groups -OCH3 is 4. The van der Waals surface area contributed by atoms with Crippen LogP contribution in [0.15, 0.2) is 17.7 Å². The van der Waals surface area contributed by atoms with Crippen LogP contribution in [0.3, 0.4) is 0 Å². The number of ether oxygens (including phenoxy) is 4. The van der Waals surface area contributed by atoms with Gasteiger partial charge in [0.2, 0.25) is 5.75 Å². The predicted octanol–water partition coefficient (Wildman–Crippen LogP) is 1.77. The molecule has 0 aliphatic heterocycles. The largest absolute Gasteiger partial charge is 0.493 e. The molecule has 0 saturated carbocycles. The van der Waals surface area contributed by atoms with E-state index in [1.54, 1.807) is 19.2 Å². The van der Waals surface area contributed by atoms with E-state index >= 15 is 0 Å². The highest BCUT2D eigenvalue weighted by atomic mass is 16.5. The molecule has 0 spiro atoms. The first-order chi connectivity index (χ1) is 11.6. The Morgan fingerprint density at radius 2 is 1.79 bits per heavy atom. The molecule has 0 radical (unpaired) electrons. The summed E-state index contributed by atoms with van der Waals surface area (Å²) in [4.78, 5) is 12.0. The van der Waals surface area contributed by atoms with Crippen LogP contribution in [-0.4, -0.2) is 47.5 Å². The van der Waals surface area contributed by atoms with Crippen molar-refractivity contribution in [2.45, 2.75) is 6.42 Å². The maximum atomic E-state index is 12.0. The molecule has 7 heteroatoms. The molecule has 0 saturated heterocycles. The van der Waals surface area contributed by atoms with Gasteiger partial charge in [-0.1, -0.05) is 0 Å². The van der Waals surface area contributed by atoms with Gasteiger partial charge in [0.15, 0.2) is 11.5 Å². The standard InChI is InChI=1S/C17H22N2O5/c1-21-7-5-6-19-17(20)13(11-18)8-12-9-14(22-2)16(24-4)15(10-12)23-3/h8-10H,5-7H2,1-4H3,(H,19,20)/b13-8+. The molecule has 0 aliphatic carbocycles. The second-order valence-electron chi connectivity index (χ2n) is 4.73. The minimum atomic E-state index is -0.442. The van der Waals surface area contributed by atoms with Crippen molar-refractivity contribution in [2.75, 3.05) is 41.6 Å². The van der Waals surface area contributed by atoms with Crippen molar-refractivity contribution >= 4 is 12.0 Å². The highest BCUT2D eigenvalue weighted by Crippen LogP contribution is 2.38. The molecule has 1 N–H and O–H groups in total. The summed E-state index contributed by atoms with van der Waals surface area (Å²) in [7, 11) is 6.09. The minimum Gasteiger partial charge on any atom is -0.493 e. The van der Waals surface area contributed by atoms with Crippen LogP contribution in [0, 0.1) is 11.3 Å². The summed E-state index contributed by atoms with van der Waals surface area (Å²) in [6.45, 7) is 0.972. The lowest BCUT2D eigenvalue weighted by molar-refractivity contribution is -0.117. The summed E-state index contributed by atoms with van der Waals surface area (Å²) in [6.07, 6.45) is 2.14. The fraction of sp³-hybridized carbons (Fsp3) is 0.412. The van der Waals surface area contributed by atoms with Crippen LogP contribution in [0.5, 0.6) is 17.2 Å². The lowest BCUT2D eigenvalue weighted by atomic mass is 10.1. The Kier molecular flexibility index (Phi) is 8.16. The van der Waals surface area contributed by atoms with E-state index in [0.717, 1.165) is 0 Å². The van der Waals surface area contributed by atoms with Gasteiger partial charge < -0.3 is 24.3 Å². The molecule has 0 aromatic heterocycles. The normalized spacial score (nSPS) is 10.7. The molecular formula is C17H22N2O5. The molecule has 1 aromatic rings. The number of rotatable bonds is 9. The molecule has 130 valence electrons. The van der Waals surface area contributed by atoms with E-state index in [0.29, 0.717) is 42.4 Å². The van der Waals surface area contributed by atoms with E-state index in [1.165, 1.54) is 27.4 Å². The van der Waals surface area contributed by atoms with E-state index in [4.69, 9.17) is 18.9 Å². The Morgan fingerprint density at radius 1 is 1.17 bits per heavy atom. The second-order valence-corrected chi connectivity index (χ2v) is 4.73. The van der Waals surface area contributed by atoms with Crippen molar-refractivity contribution in [3.8, 4) is 23.3 Å². The van der Waals surface area contributed by atoms with Crippen LogP contribution < -0.4 is 19.5 Å². The van der Waals surface area contributed by atoms with Gasteiger partial charge in [0, 0.05) is 20.3 Å².